The molecule has 0 saturated heterocycles. The van der Waals surface area contributed by atoms with E-state index in [2.05, 4.69) is 49.4 Å². The van der Waals surface area contributed by atoms with Crippen LogP contribution in [0, 0.1) is 5.41 Å². The van der Waals surface area contributed by atoms with Crippen molar-refractivity contribution in [3.63, 3.8) is 0 Å². The van der Waals surface area contributed by atoms with E-state index in [1.54, 1.807) is 11.8 Å². The normalized spacial score (nSPS) is 32.6. The van der Waals surface area contributed by atoms with Crippen LogP contribution in [-0.2, 0) is 0 Å². The third kappa shape index (κ3) is 2.36. The van der Waals surface area contributed by atoms with Gasteiger partial charge in [-0.05, 0) is 37.8 Å². The lowest BCUT2D eigenvalue weighted by atomic mass is 9.72. The number of fused-ring (bicyclic) bond motifs is 1. The van der Waals surface area contributed by atoms with E-state index in [4.69, 9.17) is 0 Å². The molecule has 0 radical (unpaired) electrons. The van der Waals surface area contributed by atoms with Crippen LogP contribution in [0.1, 0.15) is 32.6 Å². The van der Waals surface area contributed by atoms with E-state index in [0.717, 1.165) is 31.4 Å². The maximum absolute atomic E-state index is 11.2. The summed E-state index contributed by atoms with van der Waals surface area (Å²) in [5.41, 5.74) is 0.798. The predicted octanol–water partition coefficient (Wildman–Crippen LogP) is 4.59. The molecule has 106 valence electrons. The lowest BCUT2D eigenvalue weighted by molar-refractivity contribution is -0.0207. The first-order chi connectivity index (χ1) is 9.64. The van der Waals surface area contributed by atoms with Gasteiger partial charge in [-0.15, -0.1) is 11.8 Å². The first-order valence-corrected chi connectivity index (χ1v) is 8.39. The summed E-state index contributed by atoms with van der Waals surface area (Å²) in [4.78, 5) is 1.24. The third-order valence-electron chi connectivity index (χ3n) is 5.01. The minimum atomic E-state index is -0.578. The van der Waals surface area contributed by atoms with Gasteiger partial charge in [-0.25, -0.2) is 0 Å². The molecule has 0 amide bonds. The molecule has 2 heteroatoms. The second kappa shape index (κ2) is 5.42. The van der Waals surface area contributed by atoms with Crippen molar-refractivity contribution in [2.75, 3.05) is 5.75 Å². The Balaban J connectivity index is 1.78. The van der Waals surface area contributed by atoms with Crippen molar-refractivity contribution in [1.29, 1.82) is 0 Å². The number of benzene rings is 1. The summed E-state index contributed by atoms with van der Waals surface area (Å²) < 4.78 is 0. The number of rotatable bonds is 3. The van der Waals surface area contributed by atoms with Crippen LogP contribution in [0.3, 0.4) is 0 Å². The van der Waals surface area contributed by atoms with Crippen molar-refractivity contribution >= 4 is 11.8 Å². The number of hydrogen-bond acceptors (Lipinski definition) is 2. The molecule has 1 saturated carbocycles. The average Bonchev–Trinajstić information content (AvgIpc) is 2.62. The van der Waals surface area contributed by atoms with Crippen LogP contribution >= 0.6 is 11.8 Å². The van der Waals surface area contributed by atoms with Gasteiger partial charge >= 0.3 is 0 Å². The van der Waals surface area contributed by atoms with Gasteiger partial charge in [-0.3, -0.25) is 0 Å². The van der Waals surface area contributed by atoms with E-state index in [1.165, 1.54) is 10.5 Å². The molecule has 0 heterocycles. The molecule has 1 fully saturated rings. The van der Waals surface area contributed by atoms with Gasteiger partial charge in [0.25, 0.3) is 0 Å². The predicted molar refractivity (Wildman–Crippen MR) is 85.9 cm³/mol. The van der Waals surface area contributed by atoms with Crippen LogP contribution < -0.4 is 0 Å². The summed E-state index contributed by atoms with van der Waals surface area (Å²) in [6.45, 7) is 2.25. The molecule has 1 aromatic carbocycles. The topological polar surface area (TPSA) is 20.2 Å². The Kier molecular flexibility index (Phi) is 3.78. The molecule has 0 spiro atoms. The fourth-order valence-corrected chi connectivity index (χ4v) is 4.67. The lowest BCUT2D eigenvalue weighted by Crippen LogP contribution is -2.44. The van der Waals surface area contributed by atoms with E-state index in [9.17, 15) is 5.11 Å². The Labute approximate surface area is 125 Å². The molecule has 1 aromatic rings. The Morgan fingerprint density at radius 1 is 1.20 bits per heavy atom. The zero-order valence-corrected chi connectivity index (χ0v) is 12.8. The van der Waals surface area contributed by atoms with Gasteiger partial charge in [0.2, 0.25) is 0 Å². The SMILES string of the molecule is C[C@@]12CCC=CC=C1CC[C@]2(O)CSc1ccccc1. The third-order valence-corrected chi connectivity index (χ3v) is 6.24. The maximum Gasteiger partial charge on any atom is 0.0834 e. The number of thioether (sulfide) groups is 1. The quantitative estimate of drug-likeness (QED) is 0.820. The van der Waals surface area contributed by atoms with Crippen LogP contribution in [0.2, 0.25) is 0 Å². The van der Waals surface area contributed by atoms with Gasteiger partial charge in [-0.2, -0.15) is 0 Å². The first-order valence-electron chi connectivity index (χ1n) is 7.40. The summed E-state index contributed by atoms with van der Waals surface area (Å²) in [5.74, 6) is 0.783. The standard InChI is InChI=1S/C18H22OS/c1-17-12-7-3-4-8-15(17)11-13-18(17,19)14-20-16-9-5-2-6-10-16/h2-6,8-10,19H,7,11-14H2,1H3/t17-,18+/m1/s1. The molecule has 0 unspecified atom stereocenters. The highest BCUT2D eigenvalue weighted by atomic mass is 32.2. The summed E-state index contributed by atoms with van der Waals surface area (Å²) in [7, 11) is 0. The van der Waals surface area contributed by atoms with Crippen molar-refractivity contribution < 1.29 is 5.11 Å². The lowest BCUT2D eigenvalue weighted by Gasteiger charge is -2.40. The van der Waals surface area contributed by atoms with E-state index in [1.807, 2.05) is 6.07 Å². The summed E-state index contributed by atoms with van der Waals surface area (Å²) >= 11 is 1.78. The van der Waals surface area contributed by atoms with Gasteiger partial charge in [0, 0.05) is 16.1 Å². The van der Waals surface area contributed by atoms with Gasteiger partial charge in [0.15, 0.2) is 0 Å². The van der Waals surface area contributed by atoms with Crippen LogP contribution in [0.5, 0.6) is 0 Å². The smallest absolute Gasteiger partial charge is 0.0834 e. The average molecular weight is 286 g/mol. The number of allylic oxidation sites excluding steroid dienone is 3. The Morgan fingerprint density at radius 2 is 2.00 bits per heavy atom. The molecule has 2 aliphatic rings. The minimum absolute atomic E-state index is 0.0573. The zero-order chi connectivity index (χ0) is 14.1. The van der Waals surface area contributed by atoms with Crippen molar-refractivity contribution in [3.05, 3.63) is 54.1 Å². The molecule has 2 aliphatic carbocycles. The van der Waals surface area contributed by atoms with Crippen LogP contribution in [0.4, 0.5) is 0 Å². The van der Waals surface area contributed by atoms with Gasteiger partial charge in [0.05, 0.1) is 5.60 Å². The van der Waals surface area contributed by atoms with Gasteiger partial charge < -0.3 is 5.11 Å². The fourth-order valence-electron chi connectivity index (χ4n) is 3.46. The van der Waals surface area contributed by atoms with Crippen LogP contribution in [0.15, 0.2) is 59.0 Å². The summed E-state index contributed by atoms with van der Waals surface area (Å²) in [6.07, 6.45) is 10.7. The van der Waals surface area contributed by atoms with E-state index in [0.29, 0.717) is 0 Å². The van der Waals surface area contributed by atoms with Crippen molar-refractivity contribution in [2.24, 2.45) is 5.41 Å². The summed E-state index contributed by atoms with van der Waals surface area (Å²) in [5, 5.41) is 11.2. The second-order valence-electron chi connectivity index (χ2n) is 6.12. The molecular weight excluding hydrogens is 264 g/mol. The van der Waals surface area contributed by atoms with Gasteiger partial charge in [0.1, 0.15) is 0 Å². The Bertz CT molecular complexity index is 534. The van der Waals surface area contributed by atoms with Crippen LogP contribution in [-0.4, -0.2) is 16.5 Å². The molecule has 0 aromatic heterocycles. The molecule has 20 heavy (non-hydrogen) atoms. The van der Waals surface area contributed by atoms with Crippen molar-refractivity contribution in [1.82, 2.24) is 0 Å². The minimum Gasteiger partial charge on any atom is -0.388 e. The molecule has 1 N–H and O–H groups in total. The van der Waals surface area contributed by atoms with E-state index < -0.39 is 5.60 Å². The number of hydrogen-bond donors (Lipinski definition) is 1. The van der Waals surface area contributed by atoms with Crippen molar-refractivity contribution in [2.45, 2.75) is 43.1 Å². The highest BCUT2D eigenvalue weighted by Crippen LogP contribution is 2.55. The van der Waals surface area contributed by atoms with Gasteiger partial charge in [-0.1, -0.05) is 48.9 Å². The molecule has 0 aliphatic heterocycles. The second-order valence-corrected chi connectivity index (χ2v) is 7.17. The highest BCUT2D eigenvalue weighted by molar-refractivity contribution is 7.99. The zero-order valence-electron chi connectivity index (χ0n) is 12.0. The van der Waals surface area contributed by atoms with E-state index in [-0.39, 0.29) is 5.41 Å². The maximum atomic E-state index is 11.2. The Morgan fingerprint density at radius 3 is 2.80 bits per heavy atom. The number of aliphatic hydroxyl groups is 1. The molecular formula is C18H22OS. The largest absolute Gasteiger partial charge is 0.388 e. The molecule has 0 bridgehead atoms. The van der Waals surface area contributed by atoms with Crippen molar-refractivity contribution in [3.8, 4) is 0 Å². The van der Waals surface area contributed by atoms with Crippen LogP contribution in [0.25, 0.3) is 0 Å². The monoisotopic (exact) mass is 286 g/mol. The highest BCUT2D eigenvalue weighted by Gasteiger charge is 2.52. The summed E-state index contributed by atoms with van der Waals surface area (Å²) in [6, 6.07) is 10.4. The Hall–Kier alpha value is -0.990. The fraction of sp³-hybridized carbons (Fsp3) is 0.444. The molecule has 2 atom stereocenters. The molecule has 3 rings (SSSR count). The van der Waals surface area contributed by atoms with E-state index >= 15 is 0 Å². The molecule has 1 nitrogen and oxygen atoms in total. The first kappa shape index (κ1) is 14.0.